The molecule has 0 aliphatic rings. The third-order valence-electron chi connectivity index (χ3n) is 3.81. The number of ether oxygens (including phenoxy) is 1. The molecule has 0 spiro atoms. The van der Waals surface area contributed by atoms with Gasteiger partial charge < -0.3 is 15.0 Å². The molecule has 0 unspecified atom stereocenters. The summed E-state index contributed by atoms with van der Waals surface area (Å²) in [7, 11) is 1.57. The summed E-state index contributed by atoms with van der Waals surface area (Å²) in [6.45, 7) is 5.75. The highest BCUT2D eigenvalue weighted by molar-refractivity contribution is 9.11. The quantitative estimate of drug-likeness (QED) is 0.608. The number of rotatable bonds is 7. The van der Waals surface area contributed by atoms with Crippen molar-refractivity contribution in [2.75, 3.05) is 25.5 Å². The van der Waals surface area contributed by atoms with Crippen molar-refractivity contribution in [2.45, 2.75) is 27.2 Å². The zero-order valence-corrected chi connectivity index (χ0v) is 18.8. The SMILES string of the molecule is CCOC(=O)c1c(NC(=O)CN(C)C(=O)c2ccc(Br)s2)sc(C)c1CC. The zero-order valence-electron chi connectivity index (χ0n) is 15.6. The second-order valence-corrected chi connectivity index (χ2v) is 9.42. The fraction of sp³-hybridized carbons (Fsp3) is 0.389. The molecule has 0 fully saturated rings. The van der Waals surface area contributed by atoms with Gasteiger partial charge in [0.05, 0.1) is 27.4 Å². The molecule has 2 amide bonds. The number of halogens is 1. The first kappa shape index (κ1) is 21.6. The summed E-state index contributed by atoms with van der Waals surface area (Å²) in [4.78, 5) is 40.0. The number of likely N-dealkylation sites (N-methyl/N-ethyl adjacent to an activating group) is 1. The standard InChI is InChI=1S/C18H21BrN2O4S2/c1-5-11-10(3)26-16(15(11)18(24)25-6-2)20-14(22)9-21(4)17(23)12-7-8-13(19)27-12/h7-8H,5-6,9H2,1-4H3,(H,20,22). The predicted molar refractivity (Wildman–Crippen MR) is 112 cm³/mol. The molecule has 0 saturated heterocycles. The predicted octanol–water partition coefficient (Wildman–Crippen LogP) is 4.33. The van der Waals surface area contributed by atoms with E-state index in [1.165, 1.54) is 27.6 Å². The number of carbonyl (C=O) groups excluding carboxylic acids is 3. The monoisotopic (exact) mass is 472 g/mol. The lowest BCUT2D eigenvalue weighted by molar-refractivity contribution is -0.116. The van der Waals surface area contributed by atoms with Crippen LogP contribution in [0, 0.1) is 6.92 Å². The van der Waals surface area contributed by atoms with E-state index in [1.54, 1.807) is 26.1 Å². The normalized spacial score (nSPS) is 10.6. The molecule has 2 aromatic heterocycles. The molecule has 0 saturated carbocycles. The first-order valence-electron chi connectivity index (χ1n) is 8.38. The number of hydrogen-bond donors (Lipinski definition) is 1. The molecule has 2 aromatic rings. The average molecular weight is 473 g/mol. The van der Waals surface area contributed by atoms with Gasteiger partial charge in [-0.25, -0.2) is 4.79 Å². The molecule has 1 N–H and O–H groups in total. The number of thiophene rings is 2. The van der Waals surface area contributed by atoms with Crippen LogP contribution in [0.3, 0.4) is 0 Å². The van der Waals surface area contributed by atoms with Crippen LogP contribution >= 0.6 is 38.6 Å². The van der Waals surface area contributed by atoms with Crippen molar-refractivity contribution >= 4 is 61.4 Å². The summed E-state index contributed by atoms with van der Waals surface area (Å²) >= 11 is 5.97. The molecule has 0 atom stereocenters. The molecule has 27 heavy (non-hydrogen) atoms. The maximum atomic E-state index is 12.4. The van der Waals surface area contributed by atoms with Gasteiger partial charge >= 0.3 is 5.97 Å². The molecule has 0 aliphatic carbocycles. The van der Waals surface area contributed by atoms with E-state index in [1.807, 2.05) is 13.8 Å². The Hall–Kier alpha value is -1.71. The Morgan fingerprint density at radius 1 is 1.22 bits per heavy atom. The highest BCUT2D eigenvalue weighted by Crippen LogP contribution is 2.34. The van der Waals surface area contributed by atoms with E-state index in [0.717, 1.165) is 14.2 Å². The van der Waals surface area contributed by atoms with Crippen LogP contribution in [0.25, 0.3) is 0 Å². The van der Waals surface area contributed by atoms with Crippen LogP contribution in [-0.4, -0.2) is 42.9 Å². The van der Waals surface area contributed by atoms with Crippen molar-refractivity contribution in [1.29, 1.82) is 0 Å². The molecule has 2 heterocycles. The number of hydrogen-bond acceptors (Lipinski definition) is 6. The Bertz CT molecular complexity index is 860. The van der Waals surface area contributed by atoms with Gasteiger partial charge in [-0.1, -0.05) is 6.92 Å². The van der Waals surface area contributed by atoms with Crippen molar-refractivity contribution in [3.8, 4) is 0 Å². The van der Waals surface area contributed by atoms with Crippen molar-refractivity contribution in [3.63, 3.8) is 0 Å². The maximum absolute atomic E-state index is 12.4. The van der Waals surface area contributed by atoms with Crippen LogP contribution in [0.4, 0.5) is 5.00 Å². The lowest BCUT2D eigenvalue weighted by Gasteiger charge is -2.16. The van der Waals surface area contributed by atoms with Gasteiger partial charge in [-0.15, -0.1) is 22.7 Å². The van der Waals surface area contributed by atoms with Gasteiger partial charge in [-0.2, -0.15) is 0 Å². The second kappa shape index (κ2) is 9.48. The number of aryl methyl sites for hydroxylation is 1. The number of nitrogens with one attached hydrogen (secondary N) is 1. The molecule has 146 valence electrons. The molecule has 2 rings (SSSR count). The molecule has 0 bridgehead atoms. The van der Waals surface area contributed by atoms with E-state index < -0.39 is 5.97 Å². The Labute approximate surface area is 174 Å². The summed E-state index contributed by atoms with van der Waals surface area (Å²) < 4.78 is 5.99. The minimum Gasteiger partial charge on any atom is -0.462 e. The number of amides is 2. The van der Waals surface area contributed by atoms with Crippen LogP contribution in [0.2, 0.25) is 0 Å². The summed E-state index contributed by atoms with van der Waals surface area (Å²) in [6, 6.07) is 3.50. The van der Waals surface area contributed by atoms with Crippen molar-refractivity contribution in [2.24, 2.45) is 0 Å². The van der Waals surface area contributed by atoms with Crippen LogP contribution in [0.1, 0.15) is 44.3 Å². The van der Waals surface area contributed by atoms with Crippen LogP contribution in [0.15, 0.2) is 15.9 Å². The Morgan fingerprint density at radius 3 is 2.48 bits per heavy atom. The van der Waals surface area contributed by atoms with E-state index >= 15 is 0 Å². The lowest BCUT2D eigenvalue weighted by Crippen LogP contribution is -2.34. The van der Waals surface area contributed by atoms with E-state index in [0.29, 0.717) is 21.9 Å². The first-order valence-corrected chi connectivity index (χ1v) is 10.8. The third kappa shape index (κ3) is 5.18. The largest absolute Gasteiger partial charge is 0.462 e. The maximum Gasteiger partial charge on any atom is 0.341 e. The van der Waals surface area contributed by atoms with Crippen molar-refractivity contribution in [3.05, 3.63) is 36.8 Å². The van der Waals surface area contributed by atoms with Gasteiger partial charge in [0, 0.05) is 11.9 Å². The van der Waals surface area contributed by atoms with E-state index in [9.17, 15) is 14.4 Å². The Kier molecular flexibility index (Phi) is 7.58. The fourth-order valence-corrected chi connectivity index (χ4v) is 5.11. The minimum atomic E-state index is -0.443. The molecule has 0 aliphatic heterocycles. The second-order valence-electron chi connectivity index (χ2n) is 5.73. The number of carbonyl (C=O) groups is 3. The van der Waals surface area contributed by atoms with Crippen molar-refractivity contribution < 1.29 is 19.1 Å². The van der Waals surface area contributed by atoms with Gasteiger partial charge in [-0.05, 0) is 53.9 Å². The van der Waals surface area contributed by atoms with Crippen LogP contribution in [0.5, 0.6) is 0 Å². The lowest BCUT2D eigenvalue weighted by atomic mass is 10.1. The van der Waals surface area contributed by atoms with Gasteiger partial charge in [-0.3, -0.25) is 9.59 Å². The van der Waals surface area contributed by atoms with Crippen LogP contribution < -0.4 is 5.32 Å². The summed E-state index contributed by atoms with van der Waals surface area (Å²) in [5, 5.41) is 3.23. The number of nitrogens with zero attached hydrogens (tertiary/aromatic N) is 1. The first-order chi connectivity index (χ1) is 12.8. The summed E-state index contributed by atoms with van der Waals surface area (Å²) in [5.74, 6) is -1.04. The van der Waals surface area contributed by atoms with E-state index in [-0.39, 0.29) is 25.0 Å². The molecule has 0 radical (unpaired) electrons. The van der Waals surface area contributed by atoms with E-state index in [2.05, 4.69) is 21.2 Å². The van der Waals surface area contributed by atoms with Gasteiger partial charge in [0.15, 0.2) is 0 Å². The third-order valence-corrected chi connectivity index (χ3v) is 6.48. The fourth-order valence-electron chi connectivity index (χ4n) is 2.58. The van der Waals surface area contributed by atoms with Crippen molar-refractivity contribution in [1.82, 2.24) is 4.90 Å². The van der Waals surface area contributed by atoms with Gasteiger partial charge in [0.25, 0.3) is 5.91 Å². The smallest absolute Gasteiger partial charge is 0.341 e. The highest BCUT2D eigenvalue weighted by atomic mass is 79.9. The van der Waals surface area contributed by atoms with Crippen LogP contribution in [-0.2, 0) is 16.0 Å². The zero-order chi connectivity index (χ0) is 20.1. The molecular formula is C18H21BrN2O4S2. The Balaban J connectivity index is 2.13. The molecule has 6 nitrogen and oxygen atoms in total. The minimum absolute atomic E-state index is 0.116. The Morgan fingerprint density at radius 2 is 1.93 bits per heavy atom. The number of esters is 1. The van der Waals surface area contributed by atoms with E-state index in [4.69, 9.17) is 4.74 Å². The number of anilines is 1. The van der Waals surface area contributed by atoms with Gasteiger partial charge in [0.2, 0.25) is 5.91 Å². The summed E-state index contributed by atoms with van der Waals surface area (Å²) in [5.41, 5.74) is 1.29. The highest BCUT2D eigenvalue weighted by Gasteiger charge is 2.24. The average Bonchev–Trinajstić information content (AvgIpc) is 3.17. The topological polar surface area (TPSA) is 75.7 Å². The molecule has 9 heteroatoms. The molecular weight excluding hydrogens is 452 g/mol. The summed E-state index contributed by atoms with van der Waals surface area (Å²) in [6.07, 6.45) is 0.665. The van der Waals surface area contributed by atoms with Gasteiger partial charge in [0.1, 0.15) is 5.00 Å². The molecule has 0 aromatic carbocycles.